The molecule has 0 bridgehead atoms. The number of piperidine rings is 1. The molecule has 2 aliphatic rings. The largest absolute Gasteiger partial charge is 0.442 e. The standard InChI is InChI=1S/C25H24F2N4O3/c1-16(32)29-14-20-15-31(25(33)34-20)19-3-4-21(22(26)13-19)18-2-5-24(23(27)12-18)30-10-7-17(6-9-28)8-11-30/h2-6,12-13,20H,7-8,10-11,14-15H2,1H3,(H,29,32)/t20-/m0/s1. The van der Waals surface area contributed by atoms with Crippen molar-refractivity contribution in [2.75, 3.05) is 36.0 Å². The first-order valence-electron chi connectivity index (χ1n) is 11.0. The van der Waals surface area contributed by atoms with Gasteiger partial charge in [0.05, 0.1) is 30.5 Å². The number of halogens is 2. The second-order valence-electron chi connectivity index (χ2n) is 8.30. The van der Waals surface area contributed by atoms with Gasteiger partial charge in [0.15, 0.2) is 0 Å². The van der Waals surface area contributed by atoms with Crippen LogP contribution in [-0.4, -0.2) is 44.3 Å². The minimum Gasteiger partial charge on any atom is -0.442 e. The number of nitrogens with one attached hydrogen (secondary N) is 1. The van der Waals surface area contributed by atoms with Gasteiger partial charge in [-0.2, -0.15) is 5.26 Å². The number of carbonyl (C=O) groups is 2. The van der Waals surface area contributed by atoms with Crippen LogP contribution in [-0.2, 0) is 9.53 Å². The maximum Gasteiger partial charge on any atom is 0.414 e. The molecule has 0 spiro atoms. The molecule has 2 saturated heterocycles. The molecule has 1 N–H and O–H groups in total. The Morgan fingerprint density at radius 1 is 1.21 bits per heavy atom. The number of nitrogens with zero attached hydrogens (tertiary/aromatic N) is 3. The van der Waals surface area contributed by atoms with Crippen molar-refractivity contribution >= 4 is 23.4 Å². The van der Waals surface area contributed by atoms with Crippen molar-refractivity contribution in [2.45, 2.75) is 25.9 Å². The molecule has 0 saturated carbocycles. The van der Waals surface area contributed by atoms with Crippen molar-refractivity contribution in [3.05, 3.63) is 59.7 Å². The molecule has 0 aromatic heterocycles. The summed E-state index contributed by atoms with van der Waals surface area (Å²) in [5, 5.41) is 11.4. The Bertz CT molecular complexity index is 1180. The summed E-state index contributed by atoms with van der Waals surface area (Å²) >= 11 is 0. The molecular formula is C25H24F2N4O3. The quantitative estimate of drug-likeness (QED) is 0.670. The van der Waals surface area contributed by atoms with Crippen LogP contribution in [0.2, 0.25) is 0 Å². The first-order valence-corrected chi connectivity index (χ1v) is 11.0. The SMILES string of the molecule is CC(=O)NC[C@H]1CN(c2ccc(-c3ccc(N4CCC(=CC#N)CC4)c(F)c3)c(F)c2)C(=O)O1. The van der Waals surface area contributed by atoms with Crippen molar-refractivity contribution in [1.29, 1.82) is 5.26 Å². The lowest BCUT2D eigenvalue weighted by molar-refractivity contribution is -0.119. The Morgan fingerprint density at radius 2 is 1.97 bits per heavy atom. The van der Waals surface area contributed by atoms with E-state index in [1.165, 1.54) is 30.0 Å². The zero-order valence-electron chi connectivity index (χ0n) is 18.7. The Hall–Kier alpha value is -3.93. The fourth-order valence-corrected chi connectivity index (χ4v) is 4.20. The molecule has 176 valence electrons. The van der Waals surface area contributed by atoms with Gasteiger partial charge in [0.1, 0.15) is 17.7 Å². The van der Waals surface area contributed by atoms with E-state index in [9.17, 15) is 18.4 Å². The fourth-order valence-electron chi connectivity index (χ4n) is 4.20. The number of hydrogen-bond acceptors (Lipinski definition) is 5. The van der Waals surface area contributed by atoms with Crippen molar-refractivity contribution in [3.63, 3.8) is 0 Å². The highest BCUT2D eigenvalue weighted by Gasteiger charge is 2.32. The molecule has 2 fully saturated rings. The topological polar surface area (TPSA) is 85.7 Å². The summed E-state index contributed by atoms with van der Waals surface area (Å²) in [6.07, 6.45) is 1.81. The van der Waals surface area contributed by atoms with Gasteiger partial charge in [-0.1, -0.05) is 11.6 Å². The van der Waals surface area contributed by atoms with Gasteiger partial charge >= 0.3 is 6.09 Å². The normalized spacial score (nSPS) is 17.9. The number of carbonyl (C=O) groups excluding carboxylic acids is 2. The van der Waals surface area contributed by atoms with E-state index in [2.05, 4.69) is 5.32 Å². The minimum absolute atomic E-state index is 0.177. The summed E-state index contributed by atoms with van der Waals surface area (Å²) in [6.45, 7) is 2.96. The van der Waals surface area contributed by atoms with Crippen molar-refractivity contribution in [1.82, 2.24) is 5.32 Å². The van der Waals surface area contributed by atoms with Gasteiger partial charge in [0.2, 0.25) is 5.91 Å². The van der Waals surface area contributed by atoms with E-state index in [4.69, 9.17) is 10.00 Å². The second kappa shape index (κ2) is 9.91. The number of cyclic esters (lactones) is 1. The van der Waals surface area contributed by atoms with Crippen LogP contribution in [0.15, 0.2) is 48.0 Å². The molecule has 2 aromatic rings. The molecule has 2 heterocycles. The van der Waals surface area contributed by atoms with E-state index < -0.39 is 23.8 Å². The number of benzene rings is 2. The molecule has 0 aliphatic carbocycles. The van der Waals surface area contributed by atoms with E-state index >= 15 is 0 Å². The summed E-state index contributed by atoms with van der Waals surface area (Å²) in [6, 6.07) is 11.0. The van der Waals surface area contributed by atoms with E-state index in [-0.39, 0.29) is 24.6 Å². The Kier molecular flexibility index (Phi) is 6.77. The van der Waals surface area contributed by atoms with Crippen LogP contribution in [0.3, 0.4) is 0 Å². The third kappa shape index (κ3) is 5.01. The number of ether oxygens (including phenoxy) is 1. The Morgan fingerprint density at radius 3 is 2.62 bits per heavy atom. The van der Waals surface area contributed by atoms with Gasteiger partial charge < -0.3 is 15.0 Å². The highest BCUT2D eigenvalue weighted by molar-refractivity contribution is 5.90. The van der Waals surface area contributed by atoms with Crippen LogP contribution in [0.25, 0.3) is 11.1 Å². The van der Waals surface area contributed by atoms with Crippen molar-refractivity contribution in [2.24, 2.45) is 0 Å². The van der Waals surface area contributed by atoms with Crippen LogP contribution in [0.1, 0.15) is 19.8 Å². The van der Waals surface area contributed by atoms with E-state index in [1.54, 1.807) is 24.3 Å². The van der Waals surface area contributed by atoms with Gasteiger partial charge in [-0.3, -0.25) is 9.69 Å². The molecule has 9 heteroatoms. The van der Waals surface area contributed by atoms with Crippen LogP contribution in [0.5, 0.6) is 0 Å². The zero-order chi connectivity index (χ0) is 24.2. The monoisotopic (exact) mass is 466 g/mol. The lowest BCUT2D eigenvalue weighted by Crippen LogP contribution is -2.33. The first kappa shape index (κ1) is 23.2. The van der Waals surface area contributed by atoms with Crippen molar-refractivity contribution in [3.8, 4) is 17.2 Å². The Labute approximate surface area is 196 Å². The molecule has 0 radical (unpaired) electrons. The smallest absolute Gasteiger partial charge is 0.414 e. The first-order chi connectivity index (χ1) is 16.4. The van der Waals surface area contributed by atoms with E-state index in [0.29, 0.717) is 42.9 Å². The maximum absolute atomic E-state index is 15.0. The van der Waals surface area contributed by atoms with Crippen LogP contribution in [0.4, 0.5) is 25.0 Å². The lowest BCUT2D eigenvalue weighted by Gasteiger charge is -2.30. The van der Waals surface area contributed by atoms with Gasteiger partial charge in [0, 0.05) is 31.7 Å². The number of nitriles is 1. The van der Waals surface area contributed by atoms with Crippen LogP contribution < -0.4 is 15.1 Å². The minimum atomic E-state index is -0.618. The molecule has 34 heavy (non-hydrogen) atoms. The molecule has 2 aromatic carbocycles. The highest BCUT2D eigenvalue weighted by atomic mass is 19.1. The number of hydrogen-bond donors (Lipinski definition) is 1. The van der Waals surface area contributed by atoms with Crippen LogP contribution >= 0.6 is 0 Å². The predicted octanol–water partition coefficient (Wildman–Crippen LogP) is 4.14. The number of anilines is 2. The van der Waals surface area contributed by atoms with Gasteiger partial charge in [-0.05, 0) is 48.7 Å². The molecular weight excluding hydrogens is 442 g/mol. The molecule has 2 amide bonds. The van der Waals surface area contributed by atoms with E-state index in [1.807, 2.05) is 11.0 Å². The van der Waals surface area contributed by atoms with Gasteiger partial charge in [-0.25, -0.2) is 13.6 Å². The number of amides is 2. The van der Waals surface area contributed by atoms with Crippen molar-refractivity contribution < 1.29 is 23.1 Å². The summed E-state index contributed by atoms with van der Waals surface area (Å²) in [5.74, 6) is -1.27. The average Bonchev–Trinajstić information content (AvgIpc) is 3.19. The third-order valence-electron chi connectivity index (χ3n) is 5.99. The van der Waals surface area contributed by atoms with E-state index in [0.717, 1.165) is 5.57 Å². The molecule has 1 atom stereocenters. The second-order valence-corrected chi connectivity index (χ2v) is 8.30. The Balaban J connectivity index is 1.48. The predicted molar refractivity (Wildman–Crippen MR) is 123 cm³/mol. The molecule has 4 rings (SSSR count). The lowest BCUT2D eigenvalue weighted by atomic mass is 10.0. The molecule has 7 nitrogen and oxygen atoms in total. The highest BCUT2D eigenvalue weighted by Crippen LogP contribution is 2.32. The fraction of sp³-hybridized carbons (Fsp3) is 0.320. The van der Waals surface area contributed by atoms with Gasteiger partial charge in [0.25, 0.3) is 0 Å². The number of allylic oxidation sites excluding steroid dienone is 1. The zero-order valence-corrected chi connectivity index (χ0v) is 18.7. The third-order valence-corrected chi connectivity index (χ3v) is 5.99. The van der Waals surface area contributed by atoms with Gasteiger partial charge in [-0.15, -0.1) is 0 Å². The average molecular weight is 466 g/mol. The molecule has 0 unspecified atom stereocenters. The van der Waals surface area contributed by atoms with Crippen LogP contribution in [0, 0.1) is 23.0 Å². The summed E-state index contributed by atoms with van der Waals surface area (Å²) in [7, 11) is 0. The summed E-state index contributed by atoms with van der Waals surface area (Å²) in [4.78, 5) is 26.5. The summed E-state index contributed by atoms with van der Waals surface area (Å²) in [5.41, 5.74) is 2.43. The number of rotatable bonds is 5. The molecule has 2 aliphatic heterocycles. The summed E-state index contributed by atoms with van der Waals surface area (Å²) < 4.78 is 35.1. The maximum atomic E-state index is 15.0.